The van der Waals surface area contributed by atoms with E-state index in [9.17, 15) is 13.6 Å². The van der Waals surface area contributed by atoms with Gasteiger partial charge in [-0.05, 0) is 31.2 Å². The molecule has 0 fully saturated rings. The van der Waals surface area contributed by atoms with Gasteiger partial charge in [-0.1, -0.05) is 36.0 Å². The fourth-order valence-electron chi connectivity index (χ4n) is 2.89. The smallest absolute Gasteiger partial charge is 0.235 e. The predicted octanol–water partition coefficient (Wildman–Crippen LogP) is 4.62. The Morgan fingerprint density at radius 3 is 2.53 bits per heavy atom. The number of carbonyl (C=O) groups is 1. The molecule has 1 amide bonds. The minimum absolute atomic E-state index is 0.120. The highest BCUT2D eigenvalue weighted by Gasteiger charge is 2.21. The Labute approximate surface area is 188 Å². The lowest BCUT2D eigenvalue weighted by Crippen LogP contribution is -2.17. The number of benzene rings is 2. The molecule has 0 aliphatic rings. The van der Waals surface area contributed by atoms with Gasteiger partial charge in [0.2, 0.25) is 5.91 Å². The molecule has 0 spiro atoms. The van der Waals surface area contributed by atoms with E-state index in [1.807, 2.05) is 19.1 Å². The zero-order valence-electron chi connectivity index (χ0n) is 17.5. The van der Waals surface area contributed by atoms with Crippen molar-refractivity contribution in [1.82, 2.24) is 14.8 Å². The maximum Gasteiger partial charge on any atom is 0.235 e. The molecule has 10 heteroatoms. The van der Waals surface area contributed by atoms with Gasteiger partial charge in [-0.3, -0.25) is 9.36 Å². The Balaban J connectivity index is 1.71. The number of hydrogen-bond donors (Lipinski definition) is 1. The van der Waals surface area contributed by atoms with E-state index in [0.29, 0.717) is 29.0 Å². The van der Waals surface area contributed by atoms with E-state index in [1.165, 1.54) is 6.07 Å². The SMILES string of the molecule is C=CCn1c(SCC(=O)Nc2c(F)cccc2F)nnc1C(C)Oc1ccccc1OC. The summed E-state index contributed by atoms with van der Waals surface area (Å²) in [6, 6.07) is 10.6. The van der Waals surface area contributed by atoms with E-state index < -0.39 is 29.3 Å². The molecule has 1 aromatic heterocycles. The van der Waals surface area contributed by atoms with Gasteiger partial charge in [-0.25, -0.2) is 8.78 Å². The summed E-state index contributed by atoms with van der Waals surface area (Å²) in [4.78, 5) is 12.2. The number of nitrogens with one attached hydrogen (secondary N) is 1. The molecule has 1 N–H and O–H groups in total. The first-order valence-corrected chi connectivity index (χ1v) is 10.6. The van der Waals surface area contributed by atoms with Crippen LogP contribution in [0.2, 0.25) is 0 Å². The number of para-hydroxylation sites is 3. The van der Waals surface area contributed by atoms with Gasteiger partial charge in [0.1, 0.15) is 17.3 Å². The van der Waals surface area contributed by atoms with Crippen LogP contribution in [-0.4, -0.2) is 33.5 Å². The highest BCUT2D eigenvalue weighted by atomic mass is 32.2. The van der Waals surface area contributed by atoms with Crippen LogP contribution in [-0.2, 0) is 11.3 Å². The number of anilines is 1. The molecular weight excluding hydrogens is 438 g/mol. The highest BCUT2D eigenvalue weighted by Crippen LogP contribution is 2.31. The number of nitrogens with zero attached hydrogens (tertiary/aromatic N) is 3. The highest BCUT2D eigenvalue weighted by molar-refractivity contribution is 7.99. The van der Waals surface area contributed by atoms with Crippen LogP contribution in [0.25, 0.3) is 0 Å². The molecule has 168 valence electrons. The fraction of sp³-hybridized carbons (Fsp3) is 0.227. The lowest BCUT2D eigenvalue weighted by atomic mass is 10.3. The Morgan fingerprint density at radius 1 is 1.19 bits per heavy atom. The molecular formula is C22H22F2N4O3S. The Kier molecular flexibility index (Phi) is 7.82. The van der Waals surface area contributed by atoms with Crippen molar-refractivity contribution >= 4 is 23.4 Å². The average molecular weight is 461 g/mol. The third kappa shape index (κ3) is 5.44. The number of halogens is 2. The third-order valence-corrected chi connectivity index (χ3v) is 5.32. The van der Waals surface area contributed by atoms with Crippen molar-refractivity contribution in [3.63, 3.8) is 0 Å². The number of aromatic nitrogens is 3. The van der Waals surface area contributed by atoms with Crippen molar-refractivity contribution in [2.75, 3.05) is 18.2 Å². The van der Waals surface area contributed by atoms with Crippen LogP contribution in [0.15, 0.2) is 60.3 Å². The number of rotatable bonds is 10. The number of hydrogen-bond acceptors (Lipinski definition) is 6. The number of methoxy groups -OCH3 is 1. The molecule has 1 heterocycles. The molecule has 0 bridgehead atoms. The van der Waals surface area contributed by atoms with Crippen molar-refractivity contribution < 1.29 is 23.0 Å². The first-order chi connectivity index (χ1) is 15.4. The fourth-order valence-corrected chi connectivity index (χ4v) is 3.65. The summed E-state index contributed by atoms with van der Waals surface area (Å²) in [5.41, 5.74) is -0.481. The average Bonchev–Trinajstić information content (AvgIpc) is 3.18. The number of amides is 1. The van der Waals surface area contributed by atoms with Gasteiger partial charge in [0.25, 0.3) is 0 Å². The van der Waals surface area contributed by atoms with Crippen molar-refractivity contribution in [1.29, 1.82) is 0 Å². The quantitative estimate of drug-likeness (QED) is 0.351. The van der Waals surface area contributed by atoms with Crippen LogP contribution in [0, 0.1) is 11.6 Å². The summed E-state index contributed by atoms with van der Waals surface area (Å²) in [5, 5.41) is 11.0. The molecule has 3 aromatic rings. The van der Waals surface area contributed by atoms with Crippen LogP contribution < -0.4 is 14.8 Å². The molecule has 0 saturated carbocycles. The van der Waals surface area contributed by atoms with Crippen molar-refractivity contribution in [2.45, 2.75) is 24.7 Å². The van der Waals surface area contributed by atoms with Gasteiger partial charge in [0.15, 0.2) is 28.6 Å². The molecule has 0 saturated heterocycles. The Morgan fingerprint density at radius 2 is 1.88 bits per heavy atom. The van der Waals surface area contributed by atoms with Gasteiger partial charge >= 0.3 is 0 Å². The molecule has 0 radical (unpaired) electrons. The monoisotopic (exact) mass is 460 g/mol. The predicted molar refractivity (Wildman–Crippen MR) is 118 cm³/mol. The van der Waals surface area contributed by atoms with Gasteiger partial charge < -0.3 is 14.8 Å². The second-order valence-electron chi connectivity index (χ2n) is 6.58. The summed E-state index contributed by atoms with van der Waals surface area (Å²) < 4.78 is 40.6. The minimum Gasteiger partial charge on any atom is -0.493 e. The number of thioether (sulfide) groups is 1. The number of carbonyl (C=O) groups excluding carboxylic acids is 1. The molecule has 1 atom stereocenters. The number of ether oxygens (including phenoxy) is 2. The zero-order valence-corrected chi connectivity index (χ0v) is 18.4. The first-order valence-electron chi connectivity index (χ1n) is 9.65. The van der Waals surface area contributed by atoms with Gasteiger partial charge in [0.05, 0.1) is 12.9 Å². The van der Waals surface area contributed by atoms with E-state index in [0.717, 1.165) is 23.9 Å². The minimum atomic E-state index is -0.845. The second-order valence-corrected chi connectivity index (χ2v) is 7.53. The Hall–Kier alpha value is -3.40. The van der Waals surface area contributed by atoms with Gasteiger partial charge in [0, 0.05) is 6.54 Å². The lowest BCUT2D eigenvalue weighted by Gasteiger charge is -2.17. The van der Waals surface area contributed by atoms with E-state index in [1.54, 1.807) is 29.9 Å². The molecule has 7 nitrogen and oxygen atoms in total. The van der Waals surface area contributed by atoms with Crippen LogP contribution >= 0.6 is 11.8 Å². The largest absolute Gasteiger partial charge is 0.493 e. The van der Waals surface area contributed by atoms with E-state index >= 15 is 0 Å². The van der Waals surface area contributed by atoms with Crippen LogP contribution in [0.4, 0.5) is 14.5 Å². The van der Waals surface area contributed by atoms with Crippen LogP contribution in [0.1, 0.15) is 18.9 Å². The van der Waals surface area contributed by atoms with Crippen molar-refractivity contribution in [3.8, 4) is 11.5 Å². The summed E-state index contributed by atoms with van der Waals surface area (Å²) in [5.74, 6) is -0.724. The summed E-state index contributed by atoms with van der Waals surface area (Å²) >= 11 is 1.08. The Bertz CT molecular complexity index is 1090. The molecule has 3 rings (SSSR count). The van der Waals surface area contributed by atoms with Crippen molar-refractivity contribution in [2.24, 2.45) is 0 Å². The summed E-state index contributed by atoms with van der Waals surface area (Å²) in [6.45, 7) is 5.95. The maximum atomic E-state index is 13.7. The maximum absolute atomic E-state index is 13.7. The summed E-state index contributed by atoms with van der Waals surface area (Å²) in [7, 11) is 1.56. The van der Waals surface area contributed by atoms with E-state index in [2.05, 4.69) is 22.1 Å². The second kappa shape index (κ2) is 10.8. The number of allylic oxidation sites excluding steroid dienone is 1. The van der Waals surface area contributed by atoms with Gasteiger partial charge in [-0.15, -0.1) is 16.8 Å². The van der Waals surface area contributed by atoms with Gasteiger partial charge in [-0.2, -0.15) is 0 Å². The topological polar surface area (TPSA) is 78.3 Å². The molecule has 0 aliphatic heterocycles. The van der Waals surface area contributed by atoms with E-state index in [4.69, 9.17) is 9.47 Å². The van der Waals surface area contributed by atoms with Crippen LogP contribution in [0.5, 0.6) is 11.5 Å². The normalized spacial score (nSPS) is 11.6. The van der Waals surface area contributed by atoms with Crippen LogP contribution in [0.3, 0.4) is 0 Å². The first kappa shape index (κ1) is 23.3. The van der Waals surface area contributed by atoms with E-state index in [-0.39, 0.29) is 5.75 Å². The molecule has 0 aliphatic carbocycles. The molecule has 1 unspecified atom stereocenters. The molecule has 2 aromatic carbocycles. The third-order valence-electron chi connectivity index (χ3n) is 4.35. The molecule has 32 heavy (non-hydrogen) atoms. The standard InChI is InChI=1S/C22H22F2N4O3S/c1-4-12-28-21(14(2)31-18-11-6-5-10-17(18)30-3)26-27-22(28)32-13-19(29)25-20-15(23)8-7-9-16(20)24/h4-11,14H,1,12-13H2,2-3H3,(H,25,29). The lowest BCUT2D eigenvalue weighted by molar-refractivity contribution is -0.113. The van der Waals surface area contributed by atoms with Crippen molar-refractivity contribution in [3.05, 3.63) is 72.6 Å². The zero-order chi connectivity index (χ0) is 23.1. The summed E-state index contributed by atoms with van der Waals surface area (Å²) in [6.07, 6.45) is 1.19.